The van der Waals surface area contributed by atoms with Crippen LogP contribution in [0.1, 0.15) is 32.1 Å². The normalized spacial score (nSPS) is 20.3. The number of hydrogen-bond acceptors (Lipinski definition) is 3. The van der Waals surface area contributed by atoms with Crippen molar-refractivity contribution in [1.29, 1.82) is 0 Å². The highest BCUT2D eigenvalue weighted by molar-refractivity contribution is 9.09. The summed E-state index contributed by atoms with van der Waals surface area (Å²) in [6, 6.07) is 5.80. The molecule has 1 heterocycles. The van der Waals surface area contributed by atoms with Crippen molar-refractivity contribution in [2.45, 2.75) is 32.1 Å². The molecule has 3 nitrogen and oxygen atoms in total. The highest BCUT2D eigenvalue weighted by atomic mass is 79.9. The van der Waals surface area contributed by atoms with E-state index in [4.69, 9.17) is 14.2 Å². The molecule has 19 heavy (non-hydrogen) atoms. The maximum atomic E-state index is 6.00. The van der Waals surface area contributed by atoms with Crippen LogP contribution < -0.4 is 14.2 Å². The average molecular weight is 327 g/mol. The molecule has 0 radical (unpaired) electrons. The molecule has 0 saturated heterocycles. The molecule has 3 rings (SSSR count). The quantitative estimate of drug-likeness (QED) is 0.778. The SMILES string of the molecule is BrCC1(COc2ccc3c(c2)OCO3)CCCCC1. The third-order valence-electron chi connectivity index (χ3n) is 4.09. The molecule has 1 aliphatic heterocycles. The minimum atomic E-state index is 0.300. The molecule has 0 N–H and O–H groups in total. The number of fused-ring (bicyclic) bond motifs is 1. The maximum Gasteiger partial charge on any atom is 0.231 e. The topological polar surface area (TPSA) is 27.7 Å². The van der Waals surface area contributed by atoms with Gasteiger partial charge in [-0.1, -0.05) is 35.2 Å². The van der Waals surface area contributed by atoms with Gasteiger partial charge in [-0.25, -0.2) is 0 Å². The maximum absolute atomic E-state index is 6.00. The standard InChI is InChI=1S/C15H19BrO3/c16-9-15(6-2-1-3-7-15)10-17-12-4-5-13-14(8-12)19-11-18-13/h4-5,8H,1-3,6-7,9-11H2. The summed E-state index contributed by atoms with van der Waals surface area (Å²) in [6.07, 6.45) is 6.50. The van der Waals surface area contributed by atoms with E-state index in [0.717, 1.165) is 29.2 Å². The molecular formula is C15H19BrO3. The van der Waals surface area contributed by atoms with Crippen LogP contribution in [-0.2, 0) is 0 Å². The summed E-state index contributed by atoms with van der Waals surface area (Å²) in [5.41, 5.74) is 0.300. The van der Waals surface area contributed by atoms with Gasteiger partial charge < -0.3 is 14.2 Å². The van der Waals surface area contributed by atoms with Crippen molar-refractivity contribution in [1.82, 2.24) is 0 Å². The lowest BCUT2D eigenvalue weighted by Gasteiger charge is -2.35. The molecule has 1 aliphatic carbocycles. The Hall–Kier alpha value is -0.900. The summed E-state index contributed by atoms with van der Waals surface area (Å²) in [5.74, 6) is 2.46. The number of alkyl halides is 1. The van der Waals surface area contributed by atoms with Crippen LogP contribution in [0.15, 0.2) is 18.2 Å². The fraction of sp³-hybridized carbons (Fsp3) is 0.600. The third-order valence-corrected chi connectivity index (χ3v) is 5.28. The first kappa shape index (κ1) is 13.1. The number of rotatable bonds is 4. The van der Waals surface area contributed by atoms with Crippen LogP contribution in [0.5, 0.6) is 17.2 Å². The molecule has 0 spiro atoms. The van der Waals surface area contributed by atoms with Gasteiger partial charge in [0.2, 0.25) is 6.79 Å². The van der Waals surface area contributed by atoms with E-state index in [-0.39, 0.29) is 0 Å². The van der Waals surface area contributed by atoms with Gasteiger partial charge in [-0.15, -0.1) is 0 Å². The summed E-state index contributed by atoms with van der Waals surface area (Å²) >= 11 is 3.67. The zero-order chi connectivity index (χ0) is 13.1. The van der Waals surface area contributed by atoms with Crippen LogP contribution in [0.2, 0.25) is 0 Å². The van der Waals surface area contributed by atoms with Crippen molar-refractivity contribution in [2.24, 2.45) is 5.41 Å². The Morgan fingerprint density at radius 3 is 2.68 bits per heavy atom. The van der Waals surface area contributed by atoms with Crippen LogP contribution in [0.4, 0.5) is 0 Å². The molecule has 0 bridgehead atoms. The second kappa shape index (κ2) is 5.61. The zero-order valence-corrected chi connectivity index (χ0v) is 12.6. The molecule has 4 heteroatoms. The molecular weight excluding hydrogens is 308 g/mol. The van der Waals surface area contributed by atoms with E-state index in [1.54, 1.807) is 0 Å². The highest BCUT2D eigenvalue weighted by Gasteiger charge is 2.32. The first-order valence-electron chi connectivity index (χ1n) is 6.90. The van der Waals surface area contributed by atoms with Crippen LogP contribution >= 0.6 is 15.9 Å². The van der Waals surface area contributed by atoms with Gasteiger partial charge in [0.15, 0.2) is 11.5 Å². The molecule has 104 valence electrons. The van der Waals surface area contributed by atoms with E-state index >= 15 is 0 Å². The van der Waals surface area contributed by atoms with E-state index < -0.39 is 0 Å². The van der Waals surface area contributed by atoms with Gasteiger partial charge in [0.25, 0.3) is 0 Å². The van der Waals surface area contributed by atoms with E-state index in [1.807, 2.05) is 18.2 Å². The molecule has 1 aromatic rings. The predicted octanol–water partition coefficient (Wildman–Crippen LogP) is 4.14. The largest absolute Gasteiger partial charge is 0.493 e. The van der Waals surface area contributed by atoms with Crippen molar-refractivity contribution in [2.75, 3.05) is 18.7 Å². The summed E-state index contributed by atoms with van der Waals surface area (Å²) in [6.45, 7) is 1.09. The Morgan fingerprint density at radius 1 is 1.11 bits per heavy atom. The zero-order valence-electron chi connectivity index (χ0n) is 11.0. The number of hydrogen-bond donors (Lipinski definition) is 0. The lowest BCUT2D eigenvalue weighted by molar-refractivity contribution is 0.121. The first-order chi connectivity index (χ1) is 9.31. The second-order valence-corrected chi connectivity index (χ2v) is 6.06. The Balaban J connectivity index is 1.65. The van der Waals surface area contributed by atoms with Crippen molar-refractivity contribution in [3.8, 4) is 17.2 Å². The van der Waals surface area contributed by atoms with E-state index in [2.05, 4.69) is 15.9 Å². The highest BCUT2D eigenvalue weighted by Crippen LogP contribution is 2.40. The Bertz CT molecular complexity index is 441. The lowest BCUT2D eigenvalue weighted by Crippen LogP contribution is -2.32. The van der Waals surface area contributed by atoms with E-state index in [9.17, 15) is 0 Å². The van der Waals surface area contributed by atoms with Crippen molar-refractivity contribution >= 4 is 15.9 Å². The molecule has 1 fully saturated rings. The number of ether oxygens (including phenoxy) is 3. The van der Waals surface area contributed by atoms with Gasteiger partial charge in [0.05, 0.1) is 6.61 Å². The molecule has 2 aliphatic rings. The van der Waals surface area contributed by atoms with Crippen molar-refractivity contribution in [3.05, 3.63) is 18.2 Å². The summed E-state index contributed by atoms with van der Waals surface area (Å²) in [7, 11) is 0. The Kier molecular flexibility index (Phi) is 3.87. The fourth-order valence-electron chi connectivity index (χ4n) is 2.82. The van der Waals surface area contributed by atoms with Crippen molar-refractivity contribution in [3.63, 3.8) is 0 Å². The average Bonchev–Trinajstić information content (AvgIpc) is 2.93. The first-order valence-corrected chi connectivity index (χ1v) is 8.02. The Morgan fingerprint density at radius 2 is 1.89 bits per heavy atom. The molecule has 0 aromatic heterocycles. The van der Waals surface area contributed by atoms with Gasteiger partial charge >= 0.3 is 0 Å². The third kappa shape index (κ3) is 2.83. The van der Waals surface area contributed by atoms with Crippen LogP contribution in [0.3, 0.4) is 0 Å². The van der Waals surface area contributed by atoms with Gasteiger partial charge in [-0.3, -0.25) is 0 Å². The van der Waals surface area contributed by atoms with Crippen LogP contribution in [0.25, 0.3) is 0 Å². The minimum absolute atomic E-state index is 0.300. The predicted molar refractivity (Wildman–Crippen MR) is 77.4 cm³/mol. The summed E-state index contributed by atoms with van der Waals surface area (Å²) in [4.78, 5) is 0. The van der Waals surface area contributed by atoms with Gasteiger partial charge in [0, 0.05) is 16.8 Å². The van der Waals surface area contributed by atoms with E-state index in [1.165, 1.54) is 32.1 Å². The number of benzene rings is 1. The monoisotopic (exact) mass is 326 g/mol. The second-order valence-electron chi connectivity index (χ2n) is 5.50. The Labute approximate surface area is 122 Å². The molecule has 1 saturated carbocycles. The summed E-state index contributed by atoms with van der Waals surface area (Å²) in [5, 5.41) is 1.02. The van der Waals surface area contributed by atoms with Crippen molar-refractivity contribution < 1.29 is 14.2 Å². The fourth-order valence-corrected chi connectivity index (χ4v) is 3.54. The smallest absolute Gasteiger partial charge is 0.231 e. The van der Waals surface area contributed by atoms with Gasteiger partial charge in [-0.2, -0.15) is 0 Å². The van der Waals surface area contributed by atoms with Crippen LogP contribution in [0, 0.1) is 5.41 Å². The number of halogens is 1. The molecule has 0 atom stereocenters. The molecule has 0 unspecified atom stereocenters. The lowest BCUT2D eigenvalue weighted by atomic mass is 9.76. The molecule has 0 amide bonds. The summed E-state index contributed by atoms with van der Waals surface area (Å²) < 4.78 is 16.7. The minimum Gasteiger partial charge on any atom is -0.493 e. The van der Waals surface area contributed by atoms with Crippen LogP contribution in [-0.4, -0.2) is 18.7 Å². The van der Waals surface area contributed by atoms with Gasteiger partial charge in [-0.05, 0) is 25.0 Å². The van der Waals surface area contributed by atoms with Gasteiger partial charge in [0.1, 0.15) is 5.75 Å². The van der Waals surface area contributed by atoms with E-state index in [0.29, 0.717) is 12.2 Å². The molecule has 1 aromatic carbocycles.